The van der Waals surface area contributed by atoms with Crippen molar-refractivity contribution in [3.05, 3.63) is 40.2 Å². The fourth-order valence-electron chi connectivity index (χ4n) is 1.48. The Kier molecular flexibility index (Phi) is 6.99. The van der Waals surface area contributed by atoms with E-state index in [9.17, 15) is 9.59 Å². The lowest BCUT2D eigenvalue weighted by Gasteiger charge is -1.99. The second kappa shape index (κ2) is 8.73. The molecule has 0 fully saturated rings. The Hall–Kier alpha value is -2.81. The highest BCUT2D eigenvalue weighted by Crippen LogP contribution is 2.06. The molecule has 0 aromatic carbocycles. The number of carboxylic acids is 1. The molecule has 2 rings (SSSR count). The second-order valence-corrected chi connectivity index (χ2v) is 4.68. The molecule has 0 spiro atoms. The smallest absolute Gasteiger partial charge is 0.356 e. The maximum Gasteiger partial charge on any atom is 0.356 e. The maximum atomic E-state index is 10.9. The number of carbonyl (C=O) groups is 2. The molecule has 0 radical (unpaired) electrons. The molecule has 0 aliphatic rings. The molecular weight excluding hydrogens is 340 g/mol. The molecule has 0 atom stereocenters. The summed E-state index contributed by atoms with van der Waals surface area (Å²) >= 11 is 5.52. The van der Waals surface area contributed by atoms with Crippen LogP contribution in [0.1, 0.15) is 32.4 Å². The van der Waals surface area contributed by atoms with Crippen molar-refractivity contribution in [3.8, 4) is 6.01 Å². The molecule has 0 aliphatic heterocycles. The van der Waals surface area contributed by atoms with Crippen LogP contribution in [0.5, 0.6) is 6.01 Å². The summed E-state index contributed by atoms with van der Waals surface area (Å²) in [6.07, 6.45) is 0. The van der Waals surface area contributed by atoms with E-state index in [-0.39, 0.29) is 22.7 Å². The summed E-state index contributed by atoms with van der Waals surface area (Å²) in [5, 5.41) is 8.63. The van der Waals surface area contributed by atoms with Gasteiger partial charge in [-0.15, -0.1) is 0 Å². The number of aromatic nitrogens is 4. The van der Waals surface area contributed by atoms with Gasteiger partial charge in [0.1, 0.15) is 0 Å². The summed E-state index contributed by atoms with van der Waals surface area (Å²) in [7, 11) is 2.67. The molecule has 0 saturated carbocycles. The number of hydrogen-bond acceptors (Lipinski definition) is 8. The highest BCUT2D eigenvalue weighted by Gasteiger charge is 2.09. The zero-order valence-electron chi connectivity index (χ0n) is 13.4. The van der Waals surface area contributed by atoms with Gasteiger partial charge in [0.15, 0.2) is 11.4 Å². The van der Waals surface area contributed by atoms with E-state index in [1.165, 1.54) is 26.4 Å². The molecule has 10 heteroatoms. The van der Waals surface area contributed by atoms with Crippen LogP contribution in [0, 0.1) is 13.8 Å². The molecule has 0 aliphatic carbocycles. The van der Waals surface area contributed by atoms with E-state index in [0.29, 0.717) is 11.4 Å². The van der Waals surface area contributed by atoms with E-state index < -0.39 is 11.9 Å². The largest absolute Gasteiger partial charge is 0.477 e. The number of carbonyl (C=O) groups excluding carboxylic acids is 1. The molecule has 2 heterocycles. The standard InChI is InChI=1S/C7H7ClN2O2.C7H8N2O3/c1-4-3-5(6(11)12-2)10-7(8)9-4;1-4-3-5(6(10)11)9-7(8-4)12-2/h3H,1-2H3;3H,1-2H3,(H,10,11). The van der Waals surface area contributed by atoms with Crippen LogP contribution >= 0.6 is 11.6 Å². The lowest BCUT2D eigenvalue weighted by molar-refractivity contribution is 0.0592. The monoisotopic (exact) mass is 354 g/mol. The van der Waals surface area contributed by atoms with Gasteiger partial charge in [0, 0.05) is 11.4 Å². The van der Waals surface area contributed by atoms with Crippen LogP contribution in [-0.4, -0.2) is 51.2 Å². The van der Waals surface area contributed by atoms with Crippen LogP contribution in [-0.2, 0) is 4.74 Å². The number of rotatable bonds is 3. The molecule has 9 nitrogen and oxygen atoms in total. The third kappa shape index (κ3) is 5.76. The summed E-state index contributed by atoms with van der Waals surface area (Å²) in [5.74, 6) is -1.60. The Morgan fingerprint density at radius 3 is 2.08 bits per heavy atom. The number of nitrogens with zero attached hydrogens (tertiary/aromatic N) is 4. The zero-order chi connectivity index (χ0) is 18.3. The van der Waals surface area contributed by atoms with Gasteiger partial charge < -0.3 is 14.6 Å². The number of hydrogen-bond donors (Lipinski definition) is 1. The predicted molar refractivity (Wildman–Crippen MR) is 83.4 cm³/mol. The SMILES string of the molecule is COC(=O)c1cc(C)nc(Cl)n1.COc1nc(C)cc(C(=O)O)n1. The van der Waals surface area contributed by atoms with Gasteiger partial charge in [-0.3, -0.25) is 0 Å². The first kappa shape index (κ1) is 19.2. The van der Waals surface area contributed by atoms with Crippen molar-refractivity contribution in [2.75, 3.05) is 14.2 Å². The highest BCUT2D eigenvalue weighted by molar-refractivity contribution is 6.28. The molecule has 0 unspecified atom stereocenters. The Morgan fingerprint density at radius 1 is 1.00 bits per heavy atom. The topological polar surface area (TPSA) is 124 Å². The minimum atomic E-state index is -1.08. The fourth-order valence-corrected chi connectivity index (χ4v) is 1.71. The van der Waals surface area contributed by atoms with E-state index in [4.69, 9.17) is 21.4 Å². The van der Waals surface area contributed by atoms with Crippen LogP contribution in [0.25, 0.3) is 0 Å². The fraction of sp³-hybridized carbons (Fsp3) is 0.286. The summed E-state index contributed by atoms with van der Waals surface area (Å²) < 4.78 is 9.16. The first-order valence-electron chi connectivity index (χ1n) is 6.49. The average Bonchev–Trinajstić information content (AvgIpc) is 2.53. The van der Waals surface area contributed by atoms with E-state index in [1.54, 1.807) is 13.8 Å². The van der Waals surface area contributed by atoms with Crippen molar-refractivity contribution in [1.82, 2.24) is 19.9 Å². The predicted octanol–water partition coefficient (Wildman–Crippen LogP) is 1.72. The lowest BCUT2D eigenvalue weighted by Crippen LogP contribution is -2.05. The first-order chi connectivity index (χ1) is 11.3. The van der Waals surface area contributed by atoms with Crippen molar-refractivity contribution in [2.24, 2.45) is 0 Å². The van der Waals surface area contributed by atoms with Crippen LogP contribution in [0.15, 0.2) is 12.1 Å². The number of aryl methyl sites for hydroxylation is 2. The Labute approximate surface area is 142 Å². The molecule has 0 bridgehead atoms. The third-order valence-electron chi connectivity index (χ3n) is 2.46. The summed E-state index contributed by atoms with van der Waals surface area (Å²) in [6.45, 7) is 3.40. The van der Waals surface area contributed by atoms with Gasteiger partial charge in [-0.2, -0.15) is 4.98 Å². The van der Waals surface area contributed by atoms with Gasteiger partial charge in [0.2, 0.25) is 5.28 Å². The molecule has 1 N–H and O–H groups in total. The van der Waals surface area contributed by atoms with Crippen LogP contribution in [0.3, 0.4) is 0 Å². The molecule has 128 valence electrons. The highest BCUT2D eigenvalue weighted by atomic mass is 35.5. The number of aromatic carboxylic acids is 1. The normalized spacial score (nSPS) is 9.54. The number of esters is 1. The average molecular weight is 355 g/mol. The van der Waals surface area contributed by atoms with Crippen LogP contribution in [0.4, 0.5) is 0 Å². The van der Waals surface area contributed by atoms with Gasteiger partial charge in [-0.05, 0) is 37.6 Å². The van der Waals surface area contributed by atoms with E-state index >= 15 is 0 Å². The minimum absolute atomic E-state index is 0.0513. The van der Waals surface area contributed by atoms with Gasteiger partial charge >= 0.3 is 17.9 Å². The quantitative estimate of drug-likeness (QED) is 0.647. The Balaban J connectivity index is 0.000000240. The summed E-state index contributed by atoms with van der Waals surface area (Å²) in [6, 6.07) is 2.97. The number of halogens is 1. The lowest BCUT2D eigenvalue weighted by atomic mass is 10.3. The zero-order valence-corrected chi connectivity index (χ0v) is 14.2. The Morgan fingerprint density at radius 2 is 1.58 bits per heavy atom. The number of carboxylic acid groups (broad SMARTS) is 1. The molecule has 2 aromatic rings. The second-order valence-electron chi connectivity index (χ2n) is 4.34. The van der Waals surface area contributed by atoms with Gasteiger partial charge in [-0.25, -0.2) is 24.5 Å². The maximum absolute atomic E-state index is 10.9. The van der Waals surface area contributed by atoms with Crippen LogP contribution in [0.2, 0.25) is 5.28 Å². The van der Waals surface area contributed by atoms with E-state index in [1.807, 2.05) is 0 Å². The first-order valence-corrected chi connectivity index (χ1v) is 6.87. The van der Waals surface area contributed by atoms with E-state index in [2.05, 4.69) is 24.7 Å². The van der Waals surface area contributed by atoms with Crippen molar-refractivity contribution in [3.63, 3.8) is 0 Å². The van der Waals surface area contributed by atoms with Crippen molar-refractivity contribution < 1.29 is 24.2 Å². The number of ether oxygens (including phenoxy) is 2. The minimum Gasteiger partial charge on any atom is -0.477 e. The van der Waals surface area contributed by atoms with Crippen molar-refractivity contribution >= 4 is 23.5 Å². The van der Waals surface area contributed by atoms with Crippen LogP contribution < -0.4 is 4.74 Å². The molecular formula is C14H15ClN4O5. The molecule has 0 saturated heterocycles. The molecule has 0 amide bonds. The van der Waals surface area contributed by atoms with Gasteiger partial charge in [0.25, 0.3) is 0 Å². The van der Waals surface area contributed by atoms with E-state index in [0.717, 1.165) is 0 Å². The van der Waals surface area contributed by atoms with Gasteiger partial charge in [0.05, 0.1) is 14.2 Å². The molecule has 24 heavy (non-hydrogen) atoms. The number of methoxy groups -OCH3 is 2. The molecule has 2 aromatic heterocycles. The Bertz CT molecular complexity index is 734. The van der Waals surface area contributed by atoms with Gasteiger partial charge in [-0.1, -0.05) is 0 Å². The van der Waals surface area contributed by atoms with Crippen molar-refractivity contribution in [1.29, 1.82) is 0 Å². The summed E-state index contributed by atoms with van der Waals surface area (Å²) in [5.41, 5.74) is 1.32. The third-order valence-corrected chi connectivity index (χ3v) is 2.63. The summed E-state index contributed by atoms with van der Waals surface area (Å²) in [4.78, 5) is 36.4. The van der Waals surface area contributed by atoms with Crippen molar-refractivity contribution in [2.45, 2.75) is 13.8 Å².